The molecule has 4 fully saturated rings. The molecule has 2 amide bonds. The van der Waals surface area contributed by atoms with Crippen molar-refractivity contribution in [2.75, 3.05) is 6.54 Å². The minimum absolute atomic E-state index is 0.0505. The van der Waals surface area contributed by atoms with Crippen LogP contribution in [-0.2, 0) is 4.79 Å². The summed E-state index contributed by atoms with van der Waals surface area (Å²) in [4.78, 5) is 28.2. The van der Waals surface area contributed by atoms with Crippen LogP contribution < -0.4 is 0 Å². The number of carbonyl (C=O) groups is 2. The summed E-state index contributed by atoms with van der Waals surface area (Å²) in [6.07, 6.45) is 7.28. The van der Waals surface area contributed by atoms with E-state index in [1.807, 2.05) is 4.90 Å². The summed E-state index contributed by atoms with van der Waals surface area (Å²) >= 11 is 0. The number of fused-ring (bicyclic) bond motifs is 2. The second-order valence-corrected chi connectivity index (χ2v) is 7.00. The van der Waals surface area contributed by atoms with E-state index in [1.54, 1.807) is 0 Å². The topological polar surface area (TPSA) is 60.9 Å². The lowest BCUT2D eigenvalue weighted by molar-refractivity contribution is -0.142. The molecular weight excluding hydrogens is 256 g/mol. The Labute approximate surface area is 118 Å². The van der Waals surface area contributed by atoms with Crippen molar-refractivity contribution in [1.29, 1.82) is 0 Å². The maximum atomic E-state index is 12.9. The van der Waals surface area contributed by atoms with Crippen LogP contribution in [0.3, 0.4) is 0 Å². The normalized spacial score (nSPS) is 35.4. The number of carboxylic acids is 1. The Kier molecular flexibility index (Phi) is 2.72. The number of amides is 2. The first kappa shape index (κ1) is 12.5. The SMILES string of the molecule is O=C(O)C1CC2CCC1N2C(=O)N(CC1CC1)C1CC1. The molecule has 4 rings (SSSR count). The molecule has 2 aliphatic carbocycles. The fraction of sp³-hybridized carbons (Fsp3) is 0.867. The fourth-order valence-corrected chi connectivity index (χ4v) is 4.05. The third-order valence-corrected chi connectivity index (χ3v) is 5.46. The van der Waals surface area contributed by atoms with E-state index in [2.05, 4.69) is 4.90 Å². The van der Waals surface area contributed by atoms with Crippen molar-refractivity contribution < 1.29 is 14.7 Å². The molecule has 4 aliphatic rings. The summed E-state index contributed by atoms with van der Waals surface area (Å²) in [6.45, 7) is 0.900. The van der Waals surface area contributed by atoms with E-state index in [4.69, 9.17) is 0 Å². The summed E-state index contributed by atoms with van der Waals surface area (Å²) < 4.78 is 0. The second-order valence-electron chi connectivity index (χ2n) is 7.00. The highest BCUT2D eigenvalue weighted by Gasteiger charge is 2.53. The van der Waals surface area contributed by atoms with Crippen molar-refractivity contribution >= 4 is 12.0 Å². The summed E-state index contributed by atoms with van der Waals surface area (Å²) in [7, 11) is 0. The molecule has 1 N–H and O–H groups in total. The average Bonchev–Trinajstić information content (AvgIpc) is 3.34. The van der Waals surface area contributed by atoms with E-state index in [9.17, 15) is 14.7 Å². The molecular formula is C15H22N2O3. The van der Waals surface area contributed by atoms with Crippen LogP contribution in [0.2, 0.25) is 0 Å². The van der Waals surface area contributed by atoms with Crippen LogP contribution in [0.25, 0.3) is 0 Å². The lowest BCUT2D eigenvalue weighted by Gasteiger charge is -2.31. The molecule has 0 aromatic rings. The molecule has 2 heterocycles. The Morgan fingerprint density at radius 3 is 2.40 bits per heavy atom. The molecule has 2 saturated heterocycles. The quantitative estimate of drug-likeness (QED) is 0.854. The average molecular weight is 278 g/mol. The lowest BCUT2D eigenvalue weighted by atomic mass is 9.89. The molecule has 110 valence electrons. The van der Waals surface area contributed by atoms with Gasteiger partial charge in [-0.2, -0.15) is 0 Å². The van der Waals surface area contributed by atoms with Crippen molar-refractivity contribution in [2.24, 2.45) is 11.8 Å². The first-order valence-electron chi connectivity index (χ1n) is 7.97. The van der Waals surface area contributed by atoms with Crippen molar-refractivity contribution in [2.45, 2.75) is 63.1 Å². The standard InChI is InChI=1S/C15H22N2O3/c18-14(19)12-7-11-5-6-13(12)17(11)15(20)16(10-3-4-10)8-9-1-2-9/h9-13H,1-8H2,(H,18,19). The maximum absolute atomic E-state index is 12.9. The first-order chi connectivity index (χ1) is 9.65. The number of urea groups is 1. The minimum atomic E-state index is -0.727. The van der Waals surface area contributed by atoms with Gasteiger partial charge < -0.3 is 14.9 Å². The Morgan fingerprint density at radius 1 is 1.10 bits per heavy atom. The van der Waals surface area contributed by atoms with Gasteiger partial charge in [0.15, 0.2) is 0 Å². The molecule has 0 spiro atoms. The van der Waals surface area contributed by atoms with Gasteiger partial charge in [-0.3, -0.25) is 4.79 Å². The van der Waals surface area contributed by atoms with Gasteiger partial charge in [0.25, 0.3) is 0 Å². The van der Waals surface area contributed by atoms with Crippen LogP contribution >= 0.6 is 0 Å². The number of hydrogen-bond acceptors (Lipinski definition) is 2. The van der Waals surface area contributed by atoms with Gasteiger partial charge in [0, 0.05) is 24.7 Å². The van der Waals surface area contributed by atoms with E-state index < -0.39 is 5.97 Å². The van der Waals surface area contributed by atoms with Gasteiger partial charge in [-0.15, -0.1) is 0 Å². The summed E-state index contributed by atoms with van der Waals surface area (Å²) in [5, 5.41) is 9.30. The highest BCUT2D eigenvalue weighted by Crippen LogP contribution is 2.44. The zero-order valence-electron chi connectivity index (χ0n) is 11.7. The smallest absolute Gasteiger partial charge is 0.320 e. The van der Waals surface area contributed by atoms with Gasteiger partial charge in [0.2, 0.25) is 0 Å². The van der Waals surface area contributed by atoms with Crippen LogP contribution in [-0.4, -0.2) is 51.6 Å². The predicted molar refractivity (Wildman–Crippen MR) is 72.2 cm³/mol. The van der Waals surface area contributed by atoms with Crippen molar-refractivity contribution in [1.82, 2.24) is 9.80 Å². The molecule has 5 nitrogen and oxygen atoms in total. The Bertz CT molecular complexity index is 444. The molecule has 2 saturated carbocycles. The van der Waals surface area contributed by atoms with Crippen molar-refractivity contribution in [3.63, 3.8) is 0 Å². The fourth-order valence-electron chi connectivity index (χ4n) is 4.05. The Morgan fingerprint density at radius 2 is 1.85 bits per heavy atom. The van der Waals surface area contributed by atoms with E-state index >= 15 is 0 Å². The molecule has 0 aromatic heterocycles. The first-order valence-corrected chi connectivity index (χ1v) is 7.97. The number of carboxylic acid groups (broad SMARTS) is 1. The van der Waals surface area contributed by atoms with Crippen molar-refractivity contribution in [3.8, 4) is 0 Å². The molecule has 0 aromatic carbocycles. The minimum Gasteiger partial charge on any atom is -0.481 e. The molecule has 2 bridgehead atoms. The second kappa shape index (κ2) is 4.37. The van der Waals surface area contributed by atoms with Crippen molar-refractivity contribution in [3.05, 3.63) is 0 Å². The van der Waals surface area contributed by atoms with Gasteiger partial charge in [-0.05, 0) is 50.9 Å². The monoisotopic (exact) mass is 278 g/mol. The predicted octanol–water partition coefficient (Wildman–Crippen LogP) is 1.92. The van der Waals surface area contributed by atoms with Gasteiger partial charge in [0.1, 0.15) is 0 Å². The highest BCUT2D eigenvalue weighted by molar-refractivity contribution is 5.80. The van der Waals surface area contributed by atoms with Crippen LogP contribution in [0.15, 0.2) is 0 Å². The number of carbonyl (C=O) groups excluding carboxylic acids is 1. The number of nitrogens with zero attached hydrogens (tertiary/aromatic N) is 2. The Balaban J connectivity index is 1.51. The van der Waals surface area contributed by atoms with E-state index in [0.717, 1.165) is 32.2 Å². The molecule has 3 atom stereocenters. The van der Waals surface area contributed by atoms with Gasteiger partial charge in [-0.1, -0.05) is 0 Å². The van der Waals surface area contributed by atoms with E-state index in [-0.39, 0.29) is 24.0 Å². The van der Waals surface area contributed by atoms with E-state index in [1.165, 1.54) is 12.8 Å². The number of aliphatic carboxylic acids is 1. The summed E-state index contributed by atoms with van der Waals surface area (Å²) in [5.41, 5.74) is 0. The third kappa shape index (κ3) is 1.98. The van der Waals surface area contributed by atoms with Crippen LogP contribution in [0.1, 0.15) is 44.9 Å². The highest BCUT2D eigenvalue weighted by atomic mass is 16.4. The molecule has 20 heavy (non-hydrogen) atoms. The zero-order chi connectivity index (χ0) is 13.9. The molecule has 0 radical (unpaired) electrons. The maximum Gasteiger partial charge on any atom is 0.320 e. The van der Waals surface area contributed by atoms with Crippen LogP contribution in [0.4, 0.5) is 4.79 Å². The van der Waals surface area contributed by atoms with E-state index in [0.29, 0.717) is 18.4 Å². The van der Waals surface area contributed by atoms with Crippen LogP contribution in [0, 0.1) is 11.8 Å². The van der Waals surface area contributed by atoms with Gasteiger partial charge >= 0.3 is 12.0 Å². The lowest BCUT2D eigenvalue weighted by Crippen LogP contribution is -2.48. The third-order valence-electron chi connectivity index (χ3n) is 5.46. The summed E-state index contributed by atoms with van der Waals surface area (Å²) in [6, 6.07) is 0.696. The molecule has 2 aliphatic heterocycles. The number of rotatable bonds is 4. The molecule has 3 unspecified atom stereocenters. The van der Waals surface area contributed by atoms with Gasteiger partial charge in [0.05, 0.1) is 5.92 Å². The zero-order valence-corrected chi connectivity index (χ0v) is 11.7. The Hall–Kier alpha value is -1.26. The van der Waals surface area contributed by atoms with Crippen LogP contribution in [0.5, 0.6) is 0 Å². The summed E-state index contributed by atoms with van der Waals surface area (Å²) in [5.74, 6) is -0.357. The largest absolute Gasteiger partial charge is 0.481 e. The van der Waals surface area contributed by atoms with Gasteiger partial charge in [-0.25, -0.2) is 4.79 Å². The molecule has 5 heteroatoms. The number of hydrogen-bond donors (Lipinski definition) is 1.